The van der Waals surface area contributed by atoms with Crippen molar-refractivity contribution >= 4 is 86.8 Å². The molecule has 0 saturated heterocycles. The standard InChI is InChI=1S/C40H34Cl2N4O5S2/c1-51-40(50)35-30-18-19-46(22-25-10-4-2-5-11-25)23-33(30)53-39(35)45-34(47)24-52-29-16-9-15-28(21-29)43-38(49)32(20-27-14-8-17-31(41)36(27)42)44-37(48)26-12-6-3-7-13-26/h2-17,20-21H,18-19,22-24H2,1H3,(H,43,49)(H,44,48)(H,45,47)/b32-20+. The number of halogens is 2. The molecule has 0 saturated carbocycles. The Labute approximate surface area is 325 Å². The van der Waals surface area contributed by atoms with Crippen LogP contribution in [0.2, 0.25) is 10.0 Å². The van der Waals surface area contributed by atoms with E-state index in [-0.39, 0.29) is 22.4 Å². The summed E-state index contributed by atoms with van der Waals surface area (Å²) in [5.74, 6) is -1.79. The van der Waals surface area contributed by atoms with Crippen molar-refractivity contribution in [1.29, 1.82) is 0 Å². The van der Waals surface area contributed by atoms with Crippen LogP contribution in [0.5, 0.6) is 0 Å². The average Bonchev–Trinajstić information content (AvgIpc) is 3.52. The van der Waals surface area contributed by atoms with E-state index in [9.17, 15) is 19.2 Å². The Morgan fingerprint density at radius 1 is 0.906 bits per heavy atom. The van der Waals surface area contributed by atoms with Crippen LogP contribution < -0.4 is 16.0 Å². The van der Waals surface area contributed by atoms with Gasteiger partial charge in [0, 0.05) is 40.7 Å². The van der Waals surface area contributed by atoms with Crippen molar-refractivity contribution in [2.45, 2.75) is 24.4 Å². The predicted octanol–water partition coefficient (Wildman–Crippen LogP) is 8.54. The number of ether oxygens (including phenoxy) is 1. The molecule has 1 aliphatic heterocycles. The highest BCUT2D eigenvalue weighted by Crippen LogP contribution is 2.38. The van der Waals surface area contributed by atoms with Gasteiger partial charge in [0.25, 0.3) is 11.8 Å². The first-order valence-electron chi connectivity index (χ1n) is 16.5. The summed E-state index contributed by atoms with van der Waals surface area (Å²) in [6, 6.07) is 30.7. The fourth-order valence-corrected chi connectivity index (χ4v) is 8.15. The predicted molar refractivity (Wildman–Crippen MR) is 213 cm³/mol. The number of methoxy groups -OCH3 is 1. The van der Waals surface area contributed by atoms with Crippen LogP contribution >= 0.6 is 46.3 Å². The van der Waals surface area contributed by atoms with Crippen LogP contribution in [-0.2, 0) is 33.8 Å². The molecular formula is C40H34Cl2N4O5S2. The molecule has 2 heterocycles. The lowest BCUT2D eigenvalue weighted by Gasteiger charge is -2.27. The van der Waals surface area contributed by atoms with Crippen LogP contribution in [0.1, 0.15) is 42.3 Å². The second kappa shape index (κ2) is 17.7. The van der Waals surface area contributed by atoms with Gasteiger partial charge in [-0.15, -0.1) is 23.1 Å². The number of amides is 3. The topological polar surface area (TPSA) is 117 Å². The quantitative estimate of drug-likeness (QED) is 0.0660. The van der Waals surface area contributed by atoms with Crippen molar-refractivity contribution in [2.24, 2.45) is 0 Å². The number of benzene rings is 4. The minimum Gasteiger partial charge on any atom is -0.465 e. The molecule has 6 rings (SSSR count). The van der Waals surface area contributed by atoms with E-state index in [1.165, 1.54) is 41.8 Å². The Morgan fingerprint density at radius 2 is 1.64 bits per heavy atom. The maximum absolute atomic E-state index is 13.6. The Kier molecular flexibility index (Phi) is 12.7. The Balaban J connectivity index is 1.12. The normalized spacial score (nSPS) is 12.8. The van der Waals surface area contributed by atoms with E-state index >= 15 is 0 Å². The first kappa shape index (κ1) is 37.8. The summed E-state index contributed by atoms with van der Waals surface area (Å²) in [5, 5.41) is 9.47. The number of rotatable bonds is 12. The van der Waals surface area contributed by atoms with Gasteiger partial charge in [-0.3, -0.25) is 19.3 Å². The van der Waals surface area contributed by atoms with Gasteiger partial charge in [0.15, 0.2) is 0 Å². The molecule has 0 atom stereocenters. The van der Waals surface area contributed by atoms with Gasteiger partial charge in [0.05, 0.1) is 28.5 Å². The maximum Gasteiger partial charge on any atom is 0.341 e. The number of thiophene rings is 1. The SMILES string of the molecule is COC(=O)c1c(NC(=O)CSc2cccc(NC(=O)/C(=C\c3cccc(Cl)c3Cl)NC(=O)c3ccccc3)c2)sc2c1CCN(Cc1ccccc1)C2. The second-order valence-electron chi connectivity index (χ2n) is 12.0. The number of hydrogen-bond donors (Lipinski definition) is 3. The van der Waals surface area contributed by atoms with Crippen molar-refractivity contribution in [3.05, 3.63) is 152 Å². The molecule has 0 bridgehead atoms. The minimum absolute atomic E-state index is 0.0479. The van der Waals surface area contributed by atoms with Gasteiger partial charge in [-0.05, 0) is 65.6 Å². The Hall–Kier alpha value is -4.91. The van der Waals surface area contributed by atoms with E-state index in [0.29, 0.717) is 50.3 Å². The van der Waals surface area contributed by atoms with Crippen LogP contribution in [0.3, 0.4) is 0 Å². The highest BCUT2D eigenvalue weighted by Gasteiger charge is 2.29. The largest absolute Gasteiger partial charge is 0.465 e. The molecule has 0 fully saturated rings. The molecule has 0 spiro atoms. The molecule has 5 aromatic rings. The number of hydrogen-bond acceptors (Lipinski definition) is 8. The zero-order valence-electron chi connectivity index (χ0n) is 28.5. The van der Waals surface area contributed by atoms with Gasteiger partial charge in [-0.25, -0.2) is 4.79 Å². The van der Waals surface area contributed by atoms with E-state index in [4.69, 9.17) is 27.9 Å². The molecule has 53 heavy (non-hydrogen) atoms. The van der Waals surface area contributed by atoms with Gasteiger partial charge >= 0.3 is 5.97 Å². The summed E-state index contributed by atoms with van der Waals surface area (Å²) in [6.07, 6.45) is 2.13. The molecular weight excluding hydrogens is 752 g/mol. The van der Waals surface area contributed by atoms with Gasteiger partial charge in [0.2, 0.25) is 5.91 Å². The molecule has 1 aromatic heterocycles. The first-order valence-corrected chi connectivity index (χ1v) is 19.1. The Bertz CT molecular complexity index is 2180. The third-order valence-electron chi connectivity index (χ3n) is 8.30. The molecule has 0 aliphatic carbocycles. The van der Waals surface area contributed by atoms with Crippen molar-refractivity contribution in [1.82, 2.24) is 10.2 Å². The monoisotopic (exact) mass is 784 g/mol. The summed E-state index contributed by atoms with van der Waals surface area (Å²) in [7, 11) is 1.34. The molecule has 9 nitrogen and oxygen atoms in total. The Morgan fingerprint density at radius 3 is 2.40 bits per heavy atom. The van der Waals surface area contributed by atoms with Crippen LogP contribution in [0.4, 0.5) is 10.7 Å². The van der Waals surface area contributed by atoms with Crippen LogP contribution in [0.15, 0.2) is 114 Å². The number of fused-ring (bicyclic) bond motifs is 1. The lowest BCUT2D eigenvalue weighted by atomic mass is 10.0. The van der Waals surface area contributed by atoms with Crippen LogP contribution in [0, 0.1) is 0 Å². The summed E-state index contributed by atoms with van der Waals surface area (Å²) < 4.78 is 5.11. The van der Waals surface area contributed by atoms with Crippen molar-refractivity contribution in [3.8, 4) is 0 Å². The zero-order valence-corrected chi connectivity index (χ0v) is 31.6. The summed E-state index contributed by atoms with van der Waals surface area (Å²) >= 11 is 15.3. The summed E-state index contributed by atoms with van der Waals surface area (Å²) in [5.41, 5.74) is 3.75. The molecule has 1 aliphatic rings. The van der Waals surface area contributed by atoms with E-state index in [2.05, 4.69) is 33.0 Å². The number of nitrogens with one attached hydrogen (secondary N) is 3. The van der Waals surface area contributed by atoms with Gasteiger partial charge < -0.3 is 20.7 Å². The van der Waals surface area contributed by atoms with Crippen molar-refractivity contribution < 1.29 is 23.9 Å². The second-order valence-corrected chi connectivity index (χ2v) is 14.9. The number of thioether (sulfide) groups is 1. The van der Waals surface area contributed by atoms with E-state index in [0.717, 1.165) is 23.5 Å². The van der Waals surface area contributed by atoms with Gasteiger partial charge in [-0.1, -0.05) is 89.9 Å². The number of anilines is 2. The van der Waals surface area contributed by atoms with Gasteiger partial charge in [-0.2, -0.15) is 0 Å². The molecule has 270 valence electrons. The van der Waals surface area contributed by atoms with Crippen LogP contribution in [-0.4, -0.2) is 48.0 Å². The number of esters is 1. The van der Waals surface area contributed by atoms with Gasteiger partial charge in [0.1, 0.15) is 10.7 Å². The summed E-state index contributed by atoms with van der Waals surface area (Å²) in [4.78, 5) is 56.8. The fourth-order valence-electron chi connectivity index (χ4n) is 5.74. The van der Waals surface area contributed by atoms with Crippen LogP contribution in [0.25, 0.3) is 6.08 Å². The smallest absolute Gasteiger partial charge is 0.341 e. The van der Waals surface area contributed by atoms with Crippen molar-refractivity contribution in [3.63, 3.8) is 0 Å². The molecule has 0 radical (unpaired) electrons. The lowest BCUT2D eigenvalue weighted by molar-refractivity contribution is -0.114. The van der Waals surface area contributed by atoms with Crippen molar-refractivity contribution in [2.75, 3.05) is 30.0 Å². The molecule has 13 heteroatoms. The zero-order chi connectivity index (χ0) is 37.3. The third-order valence-corrected chi connectivity index (χ3v) is 11.3. The van der Waals surface area contributed by atoms with E-state index < -0.39 is 17.8 Å². The summed E-state index contributed by atoms with van der Waals surface area (Å²) in [6.45, 7) is 2.24. The minimum atomic E-state index is -0.593. The van der Waals surface area contributed by atoms with E-state index in [1.54, 1.807) is 66.7 Å². The average molecular weight is 786 g/mol. The highest BCUT2D eigenvalue weighted by atomic mass is 35.5. The first-order chi connectivity index (χ1) is 25.7. The fraction of sp³-hybridized carbons (Fsp3) is 0.150. The maximum atomic E-state index is 13.6. The molecule has 3 amide bonds. The number of carbonyl (C=O) groups excluding carboxylic acids is 4. The third kappa shape index (κ3) is 9.75. The number of nitrogens with zero attached hydrogens (tertiary/aromatic N) is 1. The highest BCUT2D eigenvalue weighted by molar-refractivity contribution is 8.00. The molecule has 0 unspecified atom stereocenters. The number of carbonyl (C=O) groups is 4. The molecule has 3 N–H and O–H groups in total. The molecule has 4 aromatic carbocycles. The lowest BCUT2D eigenvalue weighted by Crippen LogP contribution is -2.30. The van der Waals surface area contributed by atoms with E-state index in [1.807, 2.05) is 24.3 Å².